The molecule has 0 saturated carbocycles. The molecule has 0 aliphatic rings. The summed E-state index contributed by atoms with van der Waals surface area (Å²) in [4.78, 5) is 11.6. The van der Waals surface area contributed by atoms with E-state index in [1.807, 2.05) is 13.0 Å². The van der Waals surface area contributed by atoms with Gasteiger partial charge in [-0.1, -0.05) is 36.7 Å². The van der Waals surface area contributed by atoms with Crippen LogP contribution in [0.2, 0.25) is 5.02 Å². The van der Waals surface area contributed by atoms with Crippen LogP contribution in [0.1, 0.15) is 31.9 Å². The van der Waals surface area contributed by atoms with Gasteiger partial charge in [-0.05, 0) is 31.0 Å². The smallest absolute Gasteiger partial charge is 0.246 e. The Hall–Kier alpha value is -1.32. The summed E-state index contributed by atoms with van der Waals surface area (Å²) in [6, 6.07) is 6.91. The molecule has 0 aliphatic heterocycles. The standard InChI is InChI=1S/C14H18ClNO2/c1-3-4-10(2)14(18)16-9-13(17)11-5-7-12(15)8-6-11/h4-8,13,17H,3,9H2,1-2H3,(H,16,18)/b10-4-. The summed E-state index contributed by atoms with van der Waals surface area (Å²) in [5.41, 5.74) is 1.40. The van der Waals surface area contributed by atoms with Gasteiger partial charge in [0.15, 0.2) is 0 Å². The highest BCUT2D eigenvalue weighted by Gasteiger charge is 2.10. The largest absolute Gasteiger partial charge is 0.387 e. The molecule has 0 saturated heterocycles. The molecule has 1 unspecified atom stereocenters. The van der Waals surface area contributed by atoms with E-state index in [1.165, 1.54) is 0 Å². The molecule has 1 atom stereocenters. The fourth-order valence-electron chi connectivity index (χ4n) is 1.53. The van der Waals surface area contributed by atoms with Gasteiger partial charge in [0.1, 0.15) is 0 Å². The summed E-state index contributed by atoms with van der Waals surface area (Å²) >= 11 is 5.76. The van der Waals surface area contributed by atoms with E-state index in [1.54, 1.807) is 31.2 Å². The van der Waals surface area contributed by atoms with Crippen molar-refractivity contribution >= 4 is 17.5 Å². The minimum atomic E-state index is -0.722. The molecule has 18 heavy (non-hydrogen) atoms. The third-order valence-corrected chi connectivity index (χ3v) is 2.83. The molecule has 0 spiro atoms. The Kier molecular flexibility index (Phi) is 5.89. The highest BCUT2D eigenvalue weighted by Crippen LogP contribution is 2.15. The Bertz CT molecular complexity index is 426. The quantitative estimate of drug-likeness (QED) is 0.806. The lowest BCUT2D eigenvalue weighted by Crippen LogP contribution is -2.28. The number of carbonyl (C=O) groups is 1. The SMILES string of the molecule is CC/C=C(/C)C(=O)NCC(O)c1ccc(Cl)cc1. The second kappa shape index (κ2) is 7.19. The Labute approximate surface area is 112 Å². The monoisotopic (exact) mass is 267 g/mol. The number of hydrogen-bond donors (Lipinski definition) is 2. The molecule has 0 aliphatic carbocycles. The molecule has 0 heterocycles. The van der Waals surface area contributed by atoms with Gasteiger partial charge in [0, 0.05) is 17.1 Å². The van der Waals surface area contributed by atoms with Crippen LogP contribution in [-0.2, 0) is 4.79 Å². The predicted octanol–water partition coefficient (Wildman–Crippen LogP) is 2.85. The summed E-state index contributed by atoms with van der Waals surface area (Å²) in [6.07, 6.45) is 1.95. The van der Waals surface area contributed by atoms with Crippen LogP contribution in [0.4, 0.5) is 0 Å². The number of nitrogens with one attached hydrogen (secondary N) is 1. The summed E-state index contributed by atoms with van der Waals surface area (Å²) in [5.74, 6) is -0.148. The fourth-order valence-corrected chi connectivity index (χ4v) is 1.66. The van der Waals surface area contributed by atoms with Crippen molar-refractivity contribution in [1.29, 1.82) is 0 Å². The molecular formula is C14H18ClNO2. The molecule has 4 heteroatoms. The van der Waals surface area contributed by atoms with E-state index < -0.39 is 6.10 Å². The lowest BCUT2D eigenvalue weighted by molar-refractivity contribution is -0.117. The second-order valence-corrected chi connectivity index (χ2v) is 4.51. The van der Waals surface area contributed by atoms with E-state index in [4.69, 9.17) is 11.6 Å². The van der Waals surface area contributed by atoms with Crippen molar-refractivity contribution < 1.29 is 9.90 Å². The lowest BCUT2D eigenvalue weighted by atomic mass is 10.1. The highest BCUT2D eigenvalue weighted by molar-refractivity contribution is 6.30. The molecule has 3 nitrogen and oxygen atoms in total. The van der Waals surface area contributed by atoms with Crippen molar-refractivity contribution in [3.63, 3.8) is 0 Å². The maximum absolute atomic E-state index is 11.6. The summed E-state index contributed by atoms with van der Waals surface area (Å²) in [7, 11) is 0. The van der Waals surface area contributed by atoms with Crippen molar-refractivity contribution in [1.82, 2.24) is 5.32 Å². The molecule has 0 bridgehead atoms. The van der Waals surface area contributed by atoms with Gasteiger partial charge in [-0.3, -0.25) is 4.79 Å². The van der Waals surface area contributed by atoms with Crippen molar-refractivity contribution in [2.24, 2.45) is 0 Å². The molecular weight excluding hydrogens is 250 g/mol. The summed E-state index contributed by atoms with van der Waals surface area (Å²) in [6.45, 7) is 3.92. The van der Waals surface area contributed by atoms with Gasteiger partial charge in [-0.2, -0.15) is 0 Å². The van der Waals surface area contributed by atoms with E-state index >= 15 is 0 Å². The molecule has 1 amide bonds. The number of aliphatic hydroxyl groups is 1. The molecule has 0 aromatic heterocycles. The Morgan fingerprint density at radius 3 is 2.61 bits per heavy atom. The van der Waals surface area contributed by atoms with Crippen molar-refractivity contribution in [3.8, 4) is 0 Å². The van der Waals surface area contributed by atoms with Crippen LogP contribution in [0, 0.1) is 0 Å². The first-order valence-corrected chi connectivity index (χ1v) is 6.31. The molecule has 98 valence electrons. The first-order valence-electron chi connectivity index (χ1n) is 5.93. The van der Waals surface area contributed by atoms with Crippen LogP contribution >= 0.6 is 11.6 Å². The molecule has 2 N–H and O–H groups in total. The van der Waals surface area contributed by atoms with E-state index in [9.17, 15) is 9.90 Å². The predicted molar refractivity (Wildman–Crippen MR) is 73.5 cm³/mol. The average Bonchev–Trinajstić information content (AvgIpc) is 2.36. The number of amides is 1. The number of halogens is 1. The molecule has 0 fully saturated rings. The van der Waals surface area contributed by atoms with Gasteiger partial charge in [0.05, 0.1) is 6.10 Å². The highest BCUT2D eigenvalue weighted by atomic mass is 35.5. The van der Waals surface area contributed by atoms with Crippen molar-refractivity contribution in [2.75, 3.05) is 6.54 Å². The third kappa shape index (κ3) is 4.51. The number of benzene rings is 1. The first kappa shape index (κ1) is 14.7. The van der Waals surface area contributed by atoms with Gasteiger partial charge in [0.2, 0.25) is 5.91 Å². The average molecular weight is 268 g/mol. The zero-order valence-corrected chi connectivity index (χ0v) is 11.4. The fraction of sp³-hybridized carbons (Fsp3) is 0.357. The maximum Gasteiger partial charge on any atom is 0.246 e. The van der Waals surface area contributed by atoms with Crippen LogP contribution in [0.15, 0.2) is 35.9 Å². The number of rotatable bonds is 5. The number of aliphatic hydroxyl groups excluding tert-OH is 1. The van der Waals surface area contributed by atoms with E-state index in [0.29, 0.717) is 10.6 Å². The van der Waals surface area contributed by atoms with Crippen LogP contribution in [0.5, 0.6) is 0 Å². The van der Waals surface area contributed by atoms with Crippen molar-refractivity contribution in [3.05, 3.63) is 46.5 Å². The Balaban J connectivity index is 2.51. The van der Waals surface area contributed by atoms with E-state index in [-0.39, 0.29) is 12.5 Å². The van der Waals surface area contributed by atoms with Crippen LogP contribution in [0.3, 0.4) is 0 Å². The van der Waals surface area contributed by atoms with Gasteiger partial charge in [-0.25, -0.2) is 0 Å². The van der Waals surface area contributed by atoms with Crippen LogP contribution in [-0.4, -0.2) is 17.6 Å². The number of allylic oxidation sites excluding steroid dienone is 1. The molecule has 1 aromatic carbocycles. The zero-order chi connectivity index (χ0) is 13.5. The number of hydrogen-bond acceptors (Lipinski definition) is 2. The van der Waals surface area contributed by atoms with Gasteiger partial charge >= 0.3 is 0 Å². The maximum atomic E-state index is 11.6. The normalized spacial score (nSPS) is 13.2. The minimum absolute atomic E-state index is 0.148. The molecule has 1 rings (SSSR count). The summed E-state index contributed by atoms with van der Waals surface area (Å²) < 4.78 is 0. The van der Waals surface area contributed by atoms with Gasteiger partial charge in [0.25, 0.3) is 0 Å². The van der Waals surface area contributed by atoms with Crippen LogP contribution < -0.4 is 5.32 Å². The lowest BCUT2D eigenvalue weighted by Gasteiger charge is -2.12. The number of carbonyl (C=O) groups excluding carboxylic acids is 1. The second-order valence-electron chi connectivity index (χ2n) is 4.07. The van der Waals surface area contributed by atoms with Gasteiger partial charge in [-0.15, -0.1) is 0 Å². The Morgan fingerprint density at radius 2 is 2.06 bits per heavy atom. The van der Waals surface area contributed by atoms with E-state index in [2.05, 4.69) is 5.32 Å². The molecule has 1 aromatic rings. The Morgan fingerprint density at radius 1 is 1.44 bits per heavy atom. The molecule has 0 radical (unpaired) electrons. The summed E-state index contributed by atoms with van der Waals surface area (Å²) in [5, 5.41) is 13.2. The van der Waals surface area contributed by atoms with Crippen molar-refractivity contribution in [2.45, 2.75) is 26.4 Å². The minimum Gasteiger partial charge on any atom is -0.387 e. The topological polar surface area (TPSA) is 49.3 Å². The van der Waals surface area contributed by atoms with E-state index in [0.717, 1.165) is 12.0 Å². The van der Waals surface area contributed by atoms with Gasteiger partial charge < -0.3 is 10.4 Å². The third-order valence-electron chi connectivity index (χ3n) is 2.58. The van der Waals surface area contributed by atoms with Crippen LogP contribution in [0.25, 0.3) is 0 Å². The zero-order valence-electron chi connectivity index (χ0n) is 10.6. The first-order chi connectivity index (χ1) is 8.54.